The highest BCUT2D eigenvalue weighted by molar-refractivity contribution is 14.0. The van der Waals surface area contributed by atoms with Crippen molar-refractivity contribution in [1.82, 2.24) is 30.3 Å². The Labute approximate surface area is 178 Å². The molecule has 1 saturated heterocycles. The van der Waals surface area contributed by atoms with Crippen LogP contribution in [0.5, 0.6) is 0 Å². The van der Waals surface area contributed by atoms with Crippen molar-refractivity contribution in [3.05, 3.63) is 11.6 Å². The first-order valence-corrected chi connectivity index (χ1v) is 9.87. The van der Waals surface area contributed by atoms with Crippen molar-refractivity contribution in [1.29, 1.82) is 0 Å². The smallest absolute Gasteiger partial charge is 0.222 e. The SMILES string of the molecule is CCC(=O)N1CCC(NC(=NC)NCCc2nnc3n2CCCCC3)C1.I. The van der Waals surface area contributed by atoms with Crippen LogP contribution in [0.15, 0.2) is 4.99 Å². The number of aromatic nitrogens is 3. The number of hydrogen-bond acceptors (Lipinski definition) is 4. The molecule has 2 aliphatic rings. The van der Waals surface area contributed by atoms with Gasteiger partial charge in [0.1, 0.15) is 11.6 Å². The van der Waals surface area contributed by atoms with Crippen LogP contribution in [0.3, 0.4) is 0 Å². The fourth-order valence-electron chi connectivity index (χ4n) is 3.74. The first kappa shape index (κ1) is 21.9. The molecule has 152 valence electrons. The van der Waals surface area contributed by atoms with Crippen LogP contribution in [-0.2, 0) is 24.2 Å². The van der Waals surface area contributed by atoms with Gasteiger partial charge in [0.25, 0.3) is 0 Å². The van der Waals surface area contributed by atoms with E-state index in [2.05, 4.69) is 30.4 Å². The minimum Gasteiger partial charge on any atom is -0.356 e. The van der Waals surface area contributed by atoms with Gasteiger partial charge < -0.3 is 20.1 Å². The second-order valence-corrected chi connectivity index (χ2v) is 7.07. The zero-order valence-corrected chi connectivity index (χ0v) is 18.7. The van der Waals surface area contributed by atoms with E-state index in [4.69, 9.17) is 0 Å². The van der Waals surface area contributed by atoms with Crippen molar-refractivity contribution < 1.29 is 4.79 Å². The number of hydrogen-bond donors (Lipinski definition) is 2. The van der Waals surface area contributed by atoms with Gasteiger partial charge in [-0.1, -0.05) is 13.3 Å². The highest BCUT2D eigenvalue weighted by Crippen LogP contribution is 2.14. The molecule has 0 radical (unpaired) electrons. The van der Waals surface area contributed by atoms with E-state index in [9.17, 15) is 4.79 Å². The third-order valence-corrected chi connectivity index (χ3v) is 5.24. The third-order valence-electron chi connectivity index (χ3n) is 5.24. The van der Waals surface area contributed by atoms with E-state index in [1.807, 2.05) is 11.8 Å². The Morgan fingerprint density at radius 1 is 1.26 bits per heavy atom. The Morgan fingerprint density at radius 3 is 2.89 bits per heavy atom. The molecule has 1 atom stereocenters. The Hall–Kier alpha value is -1.39. The monoisotopic (exact) mass is 489 g/mol. The first-order valence-electron chi connectivity index (χ1n) is 9.87. The third kappa shape index (κ3) is 5.79. The Balaban J connectivity index is 0.00000261. The van der Waals surface area contributed by atoms with Gasteiger partial charge >= 0.3 is 0 Å². The van der Waals surface area contributed by atoms with Crippen LogP contribution in [0, 0.1) is 0 Å². The van der Waals surface area contributed by atoms with E-state index in [1.54, 1.807) is 7.05 Å². The summed E-state index contributed by atoms with van der Waals surface area (Å²) in [6, 6.07) is 0.265. The lowest BCUT2D eigenvalue weighted by atomic mass is 10.2. The number of halogens is 1. The number of aliphatic imine (C=N–C) groups is 1. The summed E-state index contributed by atoms with van der Waals surface area (Å²) in [4.78, 5) is 18.0. The summed E-state index contributed by atoms with van der Waals surface area (Å²) in [6.45, 7) is 5.29. The molecule has 2 aliphatic heterocycles. The predicted octanol–water partition coefficient (Wildman–Crippen LogP) is 1.34. The van der Waals surface area contributed by atoms with Gasteiger partial charge in [-0.3, -0.25) is 9.79 Å². The molecule has 27 heavy (non-hydrogen) atoms. The highest BCUT2D eigenvalue weighted by Gasteiger charge is 2.25. The fourth-order valence-corrected chi connectivity index (χ4v) is 3.74. The second kappa shape index (κ2) is 10.8. The molecule has 1 amide bonds. The number of amides is 1. The Bertz CT molecular complexity index is 646. The van der Waals surface area contributed by atoms with Gasteiger partial charge in [-0.2, -0.15) is 0 Å². The van der Waals surface area contributed by atoms with Crippen LogP contribution < -0.4 is 10.6 Å². The zero-order valence-electron chi connectivity index (χ0n) is 16.4. The van der Waals surface area contributed by atoms with Crippen LogP contribution in [0.2, 0.25) is 0 Å². The quantitative estimate of drug-likeness (QED) is 0.371. The average molecular weight is 489 g/mol. The molecule has 0 bridgehead atoms. The number of likely N-dealkylation sites (tertiary alicyclic amines) is 1. The minimum atomic E-state index is 0. The van der Waals surface area contributed by atoms with Gasteiger partial charge in [0.2, 0.25) is 5.91 Å². The zero-order chi connectivity index (χ0) is 18.4. The number of aryl methyl sites for hydroxylation is 1. The number of nitrogens with zero attached hydrogens (tertiary/aromatic N) is 5. The summed E-state index contributed by atoms with van der Waals surface area (Å²) in [5.41, 5.74) is 0. The molecule has 3 rings (SSSR count). The second-order valence-electron chi connectivity index (χ2n) is 7.07. The van der Waals surface area contributed by atoms with Crippen molar-refractivity contribution in [2.75, 3.05) is 26.7 Å². The summed E-state index contributed by atoms with van der Waals surface area (Å²) in [5.74, 6) is 3.21. The molecule has 8 nitrogen and oxygen atoms in total. The number of guanidine groups is 1. The normalized spacial score (nSPS) is 19.9. The van der Waals surface area contributed by atoms with Gasteiger partial charge in [-0.05, 0) is 19.3 Å². The molecule has 3 heterocycles. The lowest BCUT2D eigenvalue weighted by molar-refractivity contribution is -0.129. The van der Waals surface area contributed by atoms with E-state index in [0.717, 1.165) is 63.0 Å². The van der Waals surface area contributed by atoms with E-state index in [0.29, 0.717) is 6.42 Å². The van der Waals surface area contributed by atoms with Gasteiger partial charge in [-0.25, -0.2) is 0 Å². The summed E-state index contributed by atoms with van der Waals surface area (Å²) in [7, 11) is 1.78. The highest BCUT2D eigenvalue weighted by atomic mass is 127. The van der Waals surface area contributed by atoms with E-state index >= 15 is 0 Å². The Morgan fingerprint density at radius 2 is 2.11 bits per heavy atom. The average Bonchev–Trinajstić information content (AvgIpc) is 3.21. The van der Waals surface area contributed by atoms with E-state index < -0.39 is 0 Å². The molecule has 1 unspecified atom stereocenters. The number of nitrogens with one attached hydrogen (secondary N) is 2. The molecule has 1 fully saturated rings. The maximum absolute atomic E-state index is 11.8. The first-order chi connectivity index (χ1) is 12.7. The van der Waals surface area contributed by atoms with Crippen LogP contribution in [0.25, 0.3) is 0 Å². The molecule has 0 spiro atoms. The topological polar surface area (TPSA) is 87.4 Å². The van der Waals surface area contributed by atoms with Crippen molar-refractivity contribution in [3.63, 3.8) is 0 Å². The number of carbonyl (C=O) groups excluding carboxylic acids is 1. The standard InChI is InChI=1S/C18H31N7O.HI/c1-3-17(26)24-12-9-14(13-24)21-18(19-2)20-10-8-16-23-22-15-7-5-4-6-11-25(15)16;/h14H,3-13H2,1-2H3,(H2,19,20,21);1H. The van der Waals surface area contributed by atoms with Crippen molar-refractivity contribution in [2.24, 2.45) is 4.99 Å². The summed E-state index contributed by atoms with van der Waals surface area (Å²) < 4.78 is 2.29. The van der Waals surface area contributed by atoms with Crippen molar-refractivity contribution >= 4 is 35.8 Å². The summed E-state index contributed by atoms with van der Waals surface area (Å²) in [5, 5.41) is 15.5. The lowest BCUT2D eigenvalue weighted by Gasteiger charge is -2.18. The van der Waals surface area contributed by atoms with Gasteiger partial charge in [-0.15, -0.1) is 34.2 Å². The maximum atomic E-state index is 11.8. The molecule has 2 N–H and O–H groups in total. The van der Waals surface area contributed by atoms with Crippen LogP contribution in [0.4, 0.5) is 0 Å². The molecule has 1 aromatic rings. The molecular formula is C18H32IN7O. The Kier molecular flexibility index (Phi) is 8.78. The molecule has 1 aromatic heterocycles. The minimum absolute atomic E-state index is 0. The van der Waals surface area contributed by atoms with E-state index in [-0.39, 0.29) is 35.9 Å². The lowest BCUT2D eigenvalue weighted by Crippen LogP contribution is -2.45. The van der Waals surface area contributed by atoms with Crippen molar-refractivity contribution in [3.8, 4) is 0 Å². The van der Waals surface area contributed by atoms with E-state index in [1.165, 1.54) is 19.3 Å². The van der Waals surface area contributed by atoms with Crippen LogP contribution in [-0.4, -0.2) is 64.3 Å². The van der Waals surface area contributed by atoms with Crippen molar-refractivity contribution in [2.45, 2.75) is 64.5 Å². The number of fused-ring (bicyclic) bond motifs is 1. The molecule has 0 aliphatic carbocycles. The molecular weight excluding hydrogens is 457 g/mol. The molecule has 9 heteroatoms. The fraction of sp³-hybridized carbons (Fsp3) is 0.778. The predicted molar refractivity (Wildman–Crippen MR) is 116 cm³/mol. The van der Waals surface area contributed by atoms with Gasteiger partial charge in [0.15, 0.2) is 5.96 Å². The van der Waals surface area contributed by atoms with Gasteiger partial charge in [0.05, 0.1) is 0 Å². The van der Waals surface area contributed by atoms with Crippen LogP contribution in [0.1, 0.15) is 50.7 Å². The largest absolute Gasteiger partial charge is 0.356 e. The molecule has 0 aromatic carbocycles. The van der Waals surface area contributed by atoms with Crippen LogP contribution >= 0.6 is 24.0 Å². The number of carbonyl (C=O) groups is 1. The summed E-state index contributed by atoms with van der Waals surface area (Å²) in [6.07, 6.45) is 7.11. The summed E-state index contributed by atoms with van der Waals surface area (Å²) >= 11 is 0. The van der Waals surface area contributed by atoms with Gasteiger partial charge in [0, 0.05) is 58.5 Å². The number of rotatable bonds is 5. The maximum Gasteiger partial charge on any atom is 0.222 e. The molecule has 0 saturated carbocycles.